The van der Waals surface area contributed by atoms with Gasteiger partial charge in [0.05, 0.1) is 4.88 Å². The molecule has 1 aliphatic rings. The van der Waals surface area contributed by atoms with Gasteiger partial charge in [-0.1, -0.05) is 36.4 Å². The molecule has 22 heavy (non-hydrogen) atoms. The Bertz CT molecular complexity index is 639. The maximum absolute atomic E-state index is 12.4. The molecule has 1 aromatic carbocycles. The van der Waals surface area contributed by atoms with E-state index in [0.717, 1.165) is 18.4 Å². The summed E-state index contributed by atoms with van der Waals surface area (Å²) in [6.07, 6.45) is 2.05. The molecule has 1 atom stereocenters. The summed E-state index contributed by atoms with van der Waals surface area (Å²) in [6, 6.07) is 12.6. The largest absolute Gasteiger partial charge is 0.352 e. The second-order valence-electron chi connectivity index (χ2n) is 5.20. The van der Waals surface area contributed by atoms with Crippen molar-refractivity contribution in [3.63, 3.8) is 0 Å². The first kappa shape index (κ1) is 14.7. The Hall–Kier alpha value is -2.18. The molecule has 2 aromatic rings. The topological polar surface area (TPSA) is 70.2 Å². The van der Waals surface area contributed by atoms with Crippen LogP contribution in [-0.2, 0) is 4.79 Å². The van der Waals surface area contributed by atoms with Crippen LogP contribution in [0.15, 0.2) is 47.8 Å². The van der Waals surface area contributed by atoms with Gasteiger partial charge in [0.25, 0.3) is 5.91 Å². The Morgan fingerprint density at radius 2 is 1.86 bits per heavy atom. The molecule has 2 amide bonds. The molecule has 1 heterocycles. The number of thiophene rings is 1. The Balaban J connectivity index is 1.68. The number of carbonyl (C=O) groups is 2. The van der Waals surface area contributed by atoms with Crippen LogP contribution in [0, 0.1) is 0 Å². The molecule has 0 radical (unpaired) electrons. The van der Waals surface area contributed by atoms with Gasteiger partial charge in [0.1, 0.15) is 6.04 Å². The van der Waals surface area contributed by atoms with E-state index in [1.54, 1.807) is 6.07 Å². The maximum Gasteiger partial charge on any atom is 0.275 e. The van der Waals surface area contributed by atoms with Crippen molar-refractivity contribution in [3.05, 3.63) is 58.3 Å². The van der Waals surface area contributed by atoms with Crippen molar-refractivity contribution in [1.29, 1.82) is 0 Å². The second kappa shape index (κ2) is 6.72. The van der Waals surface area contributed by atoms with Crippen LogP contribution in [0.25, 0.3) is 0 Å². The van der Waals surface area contributed by atoms with Crippen LogP contribution in [0.2, 0.25) is 0 Å². The van der Waals surface area contributed by atoms with E-state index in [1.165, 1.54) is 11.3 Å². The van der Waals surface area contributed by atoms with E-state index in [9.17, 15) is 9.59 Å². The molecule has 1 saturated carbocycles. The highest BCUT2D eigenvalue weighted by atomic mass is 32.1. The molecule has 0 saturated heterocycles. The molecule has 6 heteroatoms. The maximum atomic E-state index is 12.4. The number of carbonyl (C=O) groups excluding carboxylic acids is 2. The molecular formula is C16H17N3O2S. The van der Waals surface area contributed by atoms with E-state index < -0.39 is 6.04 Å². The summed E-state index contributed by atoms with van der Waals surface area (Å²) in [4.78, 5) is 25.0. The SMILES string of the molecule is O=C(NN[C@@H](C(=O)NC1CC1)c1ccccc1)c1cccs1. The Labute approximate surface area is 132 Å². The minimum Gasteiger partial charge on any atom is -0.352 e. The lowest BCUT2D eigenvalue weighted by Crippen LogP contribution is -2.46. The summed E-state index contributed by atoms with van der Waals surface area (Å²) in [7, 11) is 0. The summed E-state index contributed by atoms with van der Waals surface area (Å²) in [5.41, 5.74) is 6.28. The van der Waals surface area contributed by atoms with Gasteiger partial charge in [-0.05, 0) is 29.9 Å². The fourth-order valence-electron chi connectivity index (χ4n) is 2.07. The molecule has 3 N–H and O–H groups in total. The Morgan fingerprint density at radius 3 is 2.50 bits per heavy atom. The third-order valence-electron chi connectivity index (χ3n) is 3.39. The molecule has 1 aromatic heterocycles. The fourth-order valence-corrected chi connectivity index (χ4v) is 2.68. The zero-order chi connectivity index (χ0) is 15.4. The lowest BCUT2D eigenvalue weighted by atomic mass is 10.1. The van der Waals surface area contributed by atoms with Crippen LogP contribution in [0.5, 0.6) is 0 Å². The molecule has 1 aliphatic carbocycles. The van der Waals surface area contributed by atoms with Crippen molar-refractivity contribution < 1.29 is 9.59 Å². The van der Waals surface area contributed by atoms with E-state index in [-0.39, 0.29) is 17.9 Å². The number of hydrogen-bond acceptors (Lipinski definition) is 4. The lowest BCUT2D eigenvalue weighted by Gasteiger charge is -2.19. The van der Waals surface area contributed by atoms with Gasteiger partial charge in [0.2, 0.25) is 5.91 Å². The van der Waals surface area contributed by atoms with E-state index >= 15 is 0 Å². The van der Waals surface area contributed by atoms with Gasteiger partial charge in [-0.25, -0.2) is 5.43 Å². The highest BCUT2D eigenvalue weighted by Crippen LogP contribution is 2.21. The smallest absolute Gasteiger partial charge is 0.275 e. The van der Waals surface area contributed by atoms with Gasteiger partial charge >= 0.3 is 0 Å². The van der Waals surface area contributed by atoms with Gasteiger partial charge < -0.3 is 5.32 Å². The molecular weight excluding hydrogens is 298 g/mol. The van der Waals surface area contributed by atoms with Crippen LogP contribution in [0.4, 0.5) is 0 Å². The molecule has 0 spiro atoms. The average Bonchev–Trinajstić information content (AvgIpc) is 3.17. The molecule has 114 valence electrons. The number of benzene rings is 1. The predicted molar refractivity (Wildman–Crippen MR) is 85.3 cm³/mol. The quantitative estimate of drug-likeness (QED) is 0.714. The van der Waals surface area contributed by atoms with Crippen LogP contribution < -0.4 is 16.2 Å². The van der Waals surface area contributed by atoms with Crippen molar-refractivity contribution in [1.82, 2.24) is 16.2 Å². The van der Waals surface area contributed by atoms with Crippen LogP contribution in [-0.4, -0.2) is 17.9 Å². The minimum absolute atomic E-state index is 0.125. The molecule has 0 aliphatic heterocycles. The van der Waals surface area contributed by atoms with Gasteiger partial charge in [-0.15, -0.1) is 11.3 Å². The predicted octanol–water partition coefficient (Wildman–Crippen LogP) is 2.00. The summed E-state index contributed by atoms with van der Waals surface area (Å²) in [6.45, 7) is 0. The zero-order valence-corrected chi connectivity index (χ0v) is 12.7. The van der Waals surface area contributed by atoms with Crippen molar-refractivity contribution in [3.8, 4) is 0 Å². The first-order valence-electron chi connectivity index (χ1n) is 7.19. The van der Waals surface area contributed by atoms with Gasteiger partial charge in [0.15, 0.2) is 0 Å². The standard InChI is InChI=1S/C16H17N3O2S/c20-15(13-7-4-10-22-13)19-18-14(11-5-2-1-3-6-11)16(21)17-12-8-9-12/h1-7,10,12,14,18H,8-9H2,(H,17,21)(H,19,20)/t14-/m1/s1. The summed E-state index contributed by atoms with van der Waals surface area (Å²) in [5, 5.41) is 4.80. The first-order chi connectivity index (χ1) is 10.7. The third kappa shape index (κ3) is 3.72. The van der Waals surface area contributed by atoms with Crippen LogP contribution in [0.3, 0.4) is 0 Å². The monoisotopic (exact) mass is 315 g/mol. The van der Waals surface area contributed by atoms with Crippen LogP contribution in [0.1, 0.15) is 34.1 Å². The van der Waals surface area contributed by atoms with Gasteiger partial charge in [0, 0.05) is 6.04 Å². The first-order valence-corrected chi connectivity index (χ1v) is 8.06. The zero-order valence-electron chi connectivity index (χ0n) is 11.9. The second-order valence-corrected chi connectivity index (χ2v) is 6.15. The number of nitrogens with one attached hydrogen (secondary N) is 3. The summed E-state index contributed by atoms with van der Waals surface area (Å²) in [5.74, 6) is -0.365. The number of hydrogen-bond donors (Lipinski definition) is 3. The average molecular weight is 315 g/mol. The summed E-state index contributed by atoms with van der Waals surface area (Å²) < 4.78 is 0. The van der Waals surface area contributed by atoms with E-state index in [2.05, 4.69) is 16.2 Å². The third-order valence-corrected chi connectivity index (χ3v) is 4.26. The molecule has 5 nitrogen and oxygen atoms in total. The van der Waals surface area contributed by atoms with E-state index in [0.29, 0.717) is 4.88 Å². The molecule has 1 fully saturated rings. The number of amides is 2. The van der Waals surface area contributed by atoms with Gasteiger partial charge in [-0.2, -0.15) is 0 Å². The highest BCUT2D eigenvalue weighted by molar-refractivity contribution is 7.12. The molecule has 0 bridgehead atoms. The lowest BCUT2D eigenvalue weighted by molar-refractivity contribution is -0.123. The van der Waals surface area contributed by atoms with Crippen molar-refractivity contribution >= 4 is 23.2 Å². The molecule has 0 unspecified atom stereocenters. The van der Waals surface area contributed by atoms with Crippen LogP contribution >= 0.6 is 11.3 Å². The Kier molecular flexibility index (Phi) is 4.50. The minimum atomic E-state index is -0.606. The van der Waals surface area contributed by atoms with Crippen molar-refractivity contribution in [2.45, 2.75) is 24.9 Å². The Morgan fingerprint density at radius 1 is 1.09 bits per heavy atom. The number of rotatable bonds is 6. The van der Waals surface area contributed by atoms with Crippen molar-refractivity contribution in [2.24, 2.45) is 0 Å². The van der Waals surface area contributed by atoms with Crippen molar-refractivity contribution in [2.75, 3.05) is 0 Å². The number of hydrazine groups is 1. The molecule has 3 rings (SSSR count). The summed E-state index contributed by atoms with van der Waals surface area (Å²) >= 11 is 1.35. The van der Waals surface area contributed by atoms with Gasteiger partial charge in [-0.3, -0.25) is 15.0 Å². The van der Waals surface area contributed by atoms with E-state index in [4.69, 9.17) is 0 Å². The van der Waals surface area contributed by atoms with E-state index in [1.807, 2.05) is 41.8 Å². The fraction of sp³-hybridized carbons (Fsp3) is 0.250. The normalized spacial score (nSPS) is 15.1. The highest BCUT2D eigenvalue weighted by Gasteiger charge is 2.28.